The lowest BCUT2D eigenvalue weighted by Gasteiger charge is -2.20. The Morgan fingerprint density at radius 3 is 2.40 bits per heavy atom. The molecule has 0 bridgehead atoms. The molecule has 1 heterocycles. The van der Waals surface area contributed by atoms with Gasteiger partial charge in [-0.1, -0.05) is 0 Å². The molecule has 60 valence electrons. The van der Waals surface area contributed by atoms with Gasteiger partial charge in [0.15, 0.2) is 5.44 Å². The van der Waals surface area contributed by atoms with Crippen molar-refractivity contribution in [2.45, 2.75) is 5.44 Å². The number of rotatable bonds is 1. The molecule has 0 spiro atoms. The summed E-state index contributed by atoms with van der Waals surface area (Å²) in [6.45, 7) is 0.770. The third-order valence-corrected chi connectivity index (χ3v) is 2.16. The summed E-state index contributed by atoms with van der Waals surface area (Å²) in [5, 5.41) is 4.78. The smallest absolute Gasteiger partial charge is 0.238 e. The van der Waals surface area contributed by atoms with Crippen molar-refractivity contribution in [1.29, 1.82) is 0 Å². The predicted octanol–water partition coefficient (Wildman–Crippen LogP) is -1.35. The topological polar surface area (TPSA) is 78.6 Å². The molecule has 1 rings (SSSR count). The van der Waals surface area contributed by atoms with E-state index in [4.69, 9.17) is 14.6 Å². The standard InChI is InChI=1S/C4H9NO4S/c5-10(6,7)4-3-8-1-2-9-4/h4H,1-3H2,(H2,5,6,7). The molecule has 0 amide bonds. The first kappa shape index (κ1) is 7.93. The van der Waals surface area contributed by atoms with Crippen molar-refractivity contribution in [3.05, 3.63) is 0 Å². The van der Waals surface area contributed by atoms with Gasteiger partial charge in [0.25, 0.3) is 0 Å². The second-order valence-corrected chi connectivity index (χ2v) is 3.67. The number of hydrogen-bond donors (Lipinski definition) is 1. The normalized spacial score (nSPS) is 28.3. The maximum atomic E-state index is 10.6. The van der Waals surface area contributed by atoms with Crippen LogP contribution in [0.3, 0.4) is 0 Å². The van der Waals surface area contributed by atoms with Crippen LogP contribution >= 0.6 is 0 Å². The summed E-state index contributed by atoms with van der Waals surface area (Å²) >= 11 is 0. The highest BCUT2D eigenvalue weighted by Crippen LogP contribution is 2.03. The summed E-state index contributed by atoms with van der Waals surface area (Å²) in [7, 11) is -3.57. The molecule has 1 fully saturated rings. The number of ether oxygens (including phenoxy) is 2. The Kier molecular flexibility index (Phi) is 2.24. The first-order chi connectivity index (χ1) is 4.61. The van der Waals surface area contributed by atoms with Crippen LogP contribution in [0.4, 0.5) is 0 Å². The van der Waals surface area contributed by atoms with Crippen LogP contribution in [0.15, 0.2) is 0 Å². The van der Waals surface area contributed by atoms with Crippen LogP contribution < -0.4 is 5.14 Å². The van der Waals surface area contributed by atoms with E-state index in [0.29, 0.717) is 13.2 Å². The lowest BCUT2D eigenvalue weighted by molar-refractivity contribution is -0.0536. The van der Waals surface area contributed by atoms with Gasteiger partial charge in [0.1, 0.15) is 0 Å². The van der Waals surface area contributed by atoms with Gasteiger partial charge in [-0.15, -0.1) is 0 Å². The van der Waals surface area contributed by atoms with Crippen LogP contribution in [0, 0.1) is 0 Å². The van der Waals surface area contributed by atoms with Crippen molar-refractivity contribution in [2.24, 2.45) is 5.14 Å². The molecule has 2 N–H and O–H groups in total. The molecule has 0 aliphatic carbocycles. The summed E-state index contributed by atoms with van der Waals surface area (Å²) < 4.78 is 30.7. The molecule has 5 nitrogen and oxygen atoms in total. The number of nitrogens with two attached hydrogens (primary N) is 1. The molecule has 6 heteroatoms. The molecule has 1 saturated heterocycles. The van der Waals surface area contributed by atoms with Crippen molar-refractivity contribution in [1.82, 2.24) is 0 Å². The molecule has 0 radical (unpaired) electrons. The Bertz CT molecular complexity index is 193. The Labute approximate surface area is 59.2 Å². The van der Waals surface area contributed by atoms with Crippen LogP contribution in [-0.4, -0.2) is 33.7 Å². The average molecular weight is 167 g/mol. The maximum Gasteiger partial charge on any atom is 0.238 e. The third-order valence-electron chi connectivity index (χ3n) is 1.15. The minimum Gasteiger partial charge on any atom is -0.375 e. The Morgan fingerprint density at radius 2 is 2.10 bits per heavy atom. The van der Waals surface area contributed by atoms with Gasteiger partial charge in [0, 0.05) is 0 Å². The van der Waals surface area contributed by atoms with Gasteiger partial charge < -0.3 is 9.47 Å². The molecule has 0 aromatic rings. The third kappa shape index (κ3) is 1.91. The minimum absolute atomic E-state index is 0.0405. The zero-order valence-electron chi connectivity index (χ0n) is 5.32. The number of sulfonamides is 1. The van der Waals surface area contributed by atoms with Crippen LogP contribution in [0.1, 0.15) is 0 Å². The van der Waals surface area contributed by atoms with E-state index in [0.717, 1.165) is 0 Å². The van der Waals surface area contributed by atoms with Gasteiger partial charge in [-0.05, 0) is 0 Å². The van der Waals surface area contributed by atoms with E-state index < -0.39 is 15.5 Å². The molecule has 1 aliphatic heterocycles. The lowest BCUT2D eigenvalue weighted by Crippen LogP contribution is -2.39. The lowest BCUT2D eigenvalue weighted by atomic mass is 10.6. The zero-order chi connectivity index (χ0) is 7.61. The highest BCUT2D eigenvalue weighted by molar-refractivity contribution is 7.89. The van der Waals surface area contributed by atoms with Crippen LogP contribution in [0.25, 0.3) is 0 Å². The second kappa shape index (κ2) is 2.83. The molecule has 0 aromatic carbocycles. The van der Waals surface area contributed by atoms with E-state index in [1.165, 1.54) is 0 Å². The summed E-state index contributed by atoms with van der Waals surface area (Å²) in [6, 6.07) is 0. The quantitative estimate of drug-likeness (QED) is 0.523. The van der Waals surface area contributed by atoms with Gasteiger partial charge in [-0.2, -0.15) is 0 Å². The van der Waals surface area contributed by atoms with Crippen molar-refractivity contribution in [2.75, 3.05) is 19.8 Å². The summed E-state index contributed by atoms with van der Waals surface area (Å²) in [6.07, 6.45) is 0. The molecule has 1 aliphatic rings. The highest BCUT2D eigenvalue weighted by atomic mass is 32.2. The van der Waals surface area contributed by atoms with Crippen LogP contribution in [-0.2, 0) is 19.5 Å². The summed E-state index contributed by atoms with van der Waals surface area (Å²) in [5.41, 5.74) is -0.971. The van der Waals surface area contributed by atoms with Crippen molar-refractivity contribution in [3.8, 4) is 0 Å². The Balaban J connectivity index is 2.56. The molecular weight excluding hydrogens is 158 g/mol. The van der Waals surface area contributed by atoms with E-state index in [2.05, 4.69) is 0 Å². The van der Waals surface area contributed by atoms with Crippen LogP contribution in [0.2, 0.25) is 0 Å². The largest absolute Gasteiger partial charge is 0.375 e. The van der Waals surface area contributed by atoms with Gasteiger partial charge in [-0.3, -0.25) is 0 Å². The van der Waals surface area contributed by atoms with E-state index in [9.17, 15) is 8.42 Å². The van der Waals surface area contributed by atoms with Gasteiger partial charge in [0.2, 0.25) is 10.0 Å². The molecule has 0 saturated carbocycles. The zero-order valence-corrected chi connectivity index (χ0v) is 6.13. The minimum atomic E-state index is -3.57. The van der Waals surface area contributed by atoms with E-state index >= 15 is 0 Å². The first-order valence-corrected chi connectivity index (χ1v) is 4.42. The van der Waals surface area contributed by atoms with Crippen molar-refractivity contribution >= 4 is 10.0 Å². The Hall–Kier alpha value is -0.170. The fourth-order valence-corrected chi connectivity index (χ4v) is 1.23. The van der Waals surface area contributed by atoms with E-state index in [-0.39, 0.29) is 6.61 Å². The van der Waals surface area contributed by atoms with E-state index in [1.54, 1.807) is 0 Å². The number of primary sulfonamides is 1. The molecule has 1 atom stereocenters. The predicted molar refractivity (Wildman–Crippen MR) is 33.7 cm³/mol. The van der Waals surface area contributed by atoms with Crippen LogP contribution in [0.5, 0.6) is 0 Å². The summed E-state index contributed by atoms with van der Waals surface area (Å²) in [5.74, 6) is 0. The SMILES string of the molecule is NS(=O)(=O)C1COCCO1. The maximum absolute atomic E-state index is 10.6. The fraction of sp³-hybridized carbons (Fsp3) is 1.00. The average Bonchev–Trinajstić information content (AvgIpc) is 1.88. The highest BCUT2D eigenvalue weighted by Gasteiger charge is 2.24. The first-order valence-electron chi connectivity index (χ1n) is 2.81. The molecule has 1 unspecified atom stereocenters. The number of hydrogen-bond acceptors (Lipinski definition) is 4. The van der Waals surface area contributed by atoms with Crippen molar-refractivity contribution in [3.63, 3.8) is 0 Å². The van der Waals surface area contributed by atoms with Gasteiger partial charge in [-0.25, -0.2) is 13.6 Å². The molecular formula is C4H9NO4S. The second-order valence-electron chi connectivity index (χ2n) is 1.96. The van der Waals surface area contributed by atoms with E-state index in [1.807, 2.05) is 0 Å². The van der Waals surface area contributed by atoms with Crippen molar-refractivity contribution < 1.29 is 17.9 Å². The molecule has 10 heavy (non-hydrogen) atoms. The monoisotopic (exact) mass is 167 g/mol. The fourth-order valence-electron chi connectivity index (χ4n) is 0.656. The molecule has 0 aromatic heterocycles. The summed E-state index contributed by atoms with van der Waals surface area (Å²) in [4.78, 5) is 0. The van der Waals surface area contributed by atoms with Gasteiger partial charge in [0.05, 0.1) is 19.8 Å². The Morgan fingerprint density at radius 1 is 1.40 bits per heavy atom. The van der Waals surface area contributed by atoms with Gasteiger partial charge >= 0.3 is 0 Å².